The summed E-state index contributed by atoms with van der Waals surface area (Å²) in [6.45, 7) is 0. The first kappa shape index (κ1) is 10.1. The summed E-state index contributed by atoms with van der Waals surface area (Å²) in [5.41, 5.74) is 0.333. The van der Waals surface area contributed by atoms with Gasteiger partial charge >= 0.3 is 5.97 Å². The predicted molar refractivity (Wildman–Crippen MR) is 62.7 cm³/mol. The van der Waals surface area contributed by atoms with Crippen molar-refractivity contribution >= 4 is 28.5 Å². The molecular formula is C12H10O2S. The highest BCUT2D eigenvalue weighted by Gasteiger charge is 2.03. The number of hydrogen-bond acceptors (Lipinski definition) is 2. The van der Waals surface area contributed by atoms with E-state index in [1.807, 2.05) is 24.5 Å². The van der Waals surface area contributed by atoms with Gasteiger partial charge in [0.15, 0.2) is 0 Å². The van der Waals surface area contributed by atoms with Crippen molar-refractivity contribution < 1.29 is 9.90 Å². The minimum absolute atomic E-state index is 0.333. The Balaban J connectivity index is 2.59. The molecule has 0 radical (unpaired) electrons. The second-order valence-electron chi connectivity index (χ2n) is 3.23. The first-order valence-corrected chi connectivity index (χ1v) is 5.74. The van der Waals surface area contributed by atoms with Gasteiger partial charge in [0.2, 0.25) is 0 Å². The van der Waals surface area contributed by atoms with Gasteiger partial charge in [0.1, 0.15) is 0 Å². The average Bonchev–Trinajstić information content (AvgIpc) is 2.27. The van der Waals surface area contributed by atoms with Gasteiger partial charge < -0.3 is 5.11 Å². The van der Waals surface area contributed by atoms with Crippen LogP contribution in [0.25, 0.3) is 10.8 Å². The van der Waals surface area contributed by atoms with Crippen LogP contribution in [0.15, 0.2) is 41.3 Å². The van der Waals surface area contributed by atoms with E-state index in [0.29, 0.717) is 5.56 Å². The number of carbonyl (C=O) groups is 1. The fraction of sp³-hybridized carbons (Fsp3) is 0.0833. The van der Waals surface area contributed by atoms with E-state index in [1.165, 1.54) is 4.90 Å². The molecule has 1 N–H and O–H groups in total. The summed E-state index contributed by atoms with van der Waals surface area (Å²) >= 11 is 1.68. The summed E-state index contributed by atoms with van der Waals surface area (Å²) in [7, 11) is 0. The Kier molecular flexibility index (Phi) is 2.64. The molecule has 0 fully saturated rings. The van der Waals surface area contributed by atoms with Gasteiger partial charge in [0.05, 0.1) is 5.56 Å². The minimum atomic E-state index is -0.883. The zero-order chi connectivity index (χ0) is 10.8. The molecule has 0 saturated carbocycles. The lowest BCUT2D eigenvalue weighted by Gasteiger charge is -2.02. The lowest BCUT2D eigenvalue weighted by atomic mass is 10.1. The Morgan fingerprint density at radius 3 is 2.47 bits per heavy atom. The molecule has 0 amide bonds. The van der Waals surface area contributed by atoms with Crippen LogP contribution in [0, 0.1) is 0 Å². The third-order valence-corrected chi connectivity index (χ3v) is 3.02. The molecule has 0 aromatic heterocycles. The van der Waals surface area contributed by atoms with Crippen molar-refractivity contribution in [1.82, 2.24) is 0 Å². The number of benzene rings is 2. The van der Waals surface area contributed by atoms with Gasteiger partial charge in [-0.3, -0.25) is 0 Å². The molecule has 0 bridgehead atoms. The maximum absolute atomic E-state index is 10.8. The SMILES string of the molecule is CSc1ccc2cc(C(=O)O)ccc2c1. The number of aromatic carboxylic acids is 1. The van der Waals surface area contributed by atoms with Crippen LogP contribution in [0.4, 0.5) is 0 Å². The van der Waals surface area contributed by atoms with Crippen molar-refractivity contribution in [1.29, 1.82) is 0 Å². The molecule has 3 heteroatoms. The van der Waals surface area contributed by atoms with E-state index in [1.54, 1.807) is 23.9 Å². The number of fused-ring (bicyclic) bond motifs is 1. The highest BCUT2D eigenvalue weighted by molar-refractivity contribution is 7.98. The smallest absolute Gasteiger partial charge is 0.335 e. The molecule has 0 spiro atoms. The van der Waals surface area contributed by atoms with Gasteiger partial charge in [0.25, 0.3) is 0 Å². The van der Waals surface area contributed by atoms with Crippen LogP contribution in [0.2, 0.25) is 0 Å². The van der Waals surface area contributed by atoms with Gasteiger partial charge in [-0.15, -0.1) is 11.8 Å². The molecule has 0 heterocycles. The van der Waals surface area contributed by atoms with Gasteiger partial charge in [-0.1, -0.05) is 12.1 Å². The monoisotopic (exact) mass is 218 g/mol. The normalized spacial score (nSPS) is 10.5. The summed E-state index contributed by atoms with van der Waals surface area (Å²) in [5.74, 6) is -0.883. The highest BCUT2D eigenvalue weighted by Crippen LogP contribution is 2.22. The number of carboxylic acid groups (broad SMARTS) is 1. The van der Waals surface area contributed by atoms with Crippen LogP contribution in [0.5, 0.6) is 0 Å². The molecule has 0 atom stereocenters. The first-order chi connectivity index (χ1) is 7.20. The van der Waals surface area contributed by atoms with E-state index in [9.17, 15) is 4.79 Å². The molecule has 0 aliphatic carbocycles. The first-order valence-electron chi connectivity index (χ1n) is 4.52. The summed E-state index contributed by atoms with van der Waals surface area (Å²) in [4.78, 5) is 11.9. The summed E-state index contributed by atoms with van der Waals surface area (Å²) in [5, 5.41) is 10.9. The van der Waals surface area contributed by atoms with Crippen LogP contribution in [-0.4, -0.2) is 17.3 Å². The fourth-order valence-electron chi connectivity index (χ4n) is 1.48. The molecule has 15 heavy (non-hydrogen) atoms. The van der Waals surface area contributed by atoms with E-state index in [2.05, 4.69) is 6.07 Å². The van der Waals surface area contributed by atoms with Crippen molar-refractivity contribution in [3.63, 3.8) is 0 Å². The van der Waals surface area contributed by atoms with Crippen molar-refractivity contribution in [3.8, 4) is 0 Å². The van der Waals surface area contributed by atoms with Crippen LogP contribution in [-0.2, 0) is 0 Å². The lowest BCUT2D eigenvalue weighted by molar-refractivity contribution is 0.0697. The van der Waals surface area contributed by atoms with E-state index in [-0.39, 0.29) is 0 Å². The Labute approximate surface area is 91.9 Å². The minimum Gasteiger partial charge on any atom is -0.478 e. The van der Waals surface area contributed by atoms with Crippen LogP contribution < -0.4 is 0 Å². The summed E-state index contributed by atoms with van der Waals surface area (Å²) in [6.07, 6.45) is 2.02. The Morgan fingerprint density at radius 1 is 1.13 bits per heavy atom. The zero-order valence-electron chi connectivity index (χ0n) is 8.23. The maximum Gasteiger partial charge on any atom is 0.335 e. The Bertz CT molecular complexity index is 520. The van der Waals surface area contributed by atoms with Crippen molar-refractivity contribution in [2.24, 2.45) is 0 Å². The van der Waals surface area contributed by atoms with Crippen molar-refractivity contribution in [3.05, 3.63) is 42.0 Å². The standard InChI is InChI=1S/C12H10O2S/c1-15-11-5-4-8-6-10(12(13)14)3-2-9(8)7-11/h2-7H,1H3,(H,13,14). The molecule has 0 saturated heterocycles. The van der Waals surface area contributed by atoms with E-state index < -0.39 is 5.97 Å². The molecule has 0 aliphatic rings. The number of thioether (sulfide) groups is 1. The topological polar surface area (TPSA) is 37.3 Å². The molecular weight excluding hydrogens is 208 g/mol. The van der Waals surface area contributed by atoms with E-state index in [4.69, 9.17) is 5.11 Å². The third-order valence-electron chi connectivity index (χ3n) is 2.29. The van der Waals surface area contributed by atoms with Gasteiger partial charge in [-0.25, -0.2) is 4.79 Å². The van der Waals surface area contributed by atoms with Crippen LogP contribution in [0.1, 0.15) is 10.4 Å². The van der Waals surface area contributed by atoms with Crippen molar-refractivity contribution in [2.45, 2.75) is 4.90 Å². The molecule has 2 nitrogen and oxygen atoms in total. The Hall–Kier alpha value is -1.48. The highest BCUT2D eigenvalue weighted by atomic mass is 32.2. The second-order valence-corrected chi connectivity index (χ2v) is 4.11. The zero-order valence-corrected chi connectivity index (χ0v) is 9.04. The van der Waals surface area contributed by atoms with Gasteiger partial charge in [-0.05, 0) is 41.3 Å². The summed E-state index contributed by atoms with van der Waals surface area (Å²) < 4.78 is 0. The maximum atomic E-state index is 10.8. The van der Waals surface area contributed by atoms with Crippen LogP contribution >= 0.6 is 11.8 Å². The fourth-order valence-corrected chi connectivity index (χ4v) is 1.93. The molecule has 0 aliphatic heterocycles. The molecule has 76 valence electrons. The van der Waals surface area contributed by atoms with E-state index >= 15 is 0 Å². The average molecular weight is 218 g/mol. The molecule has 2 rings (SSSR count). The van der Waals surface area contributed by atoms with Crippen molar-refractivity contribution in [2.75, 3.05) is 6.26 Å². The Morgan fingerprint density at radius 2 is 1.80 bits per heavy atom. The number of hydrogen-bond donors (Lipinski definition) is 1. The summed E-state index contributed by atoms with van der Waals surface area (Å²) in [6, 6.07) is 11.2. The molecule has 2 aromatic rings. The van der Waals surface area contributed by atoms with Crippen LogP contribution in [0.3, 0.4) is 0 Å². The molecule has 2 aromatic carbocycles. The lowest BCUT2D eigenvalue weighted by Crippen LogP contribution is -1.95. The predicted octanol–water partition coefficient (Wildman–Crippen LogP) is 3.26. The second kappa shape index (κ2) is 3.95. The quantitative estimate of drug-likeness (QED) is 0.786. The van der Waals surface area contributed by atoms with Gasteiger partial charge in [0, 0.05) is 4.90 Å². The number of carboxylic acids is 1. The third kappa shape index (κ3) is 1.97. The number of rotatable bonds is 2. The molecule has 0 unspecified atom stereocenters. The van der Waals surface area contributed by atoms with Gasteiger partial charge in [-0.2, -0.15) is 0 Å². The largest absolute Gasteiger partial charge is 0.478 e. The van der Waals surface area contributed by atoms with E-state index in [0.717, 1.165) is 10.8 Å².